The number of nitrogens with one attached hydrogen (secondary N) is 1. The average Bonchev–Trinajstić information content (AvgIpc) is 3.68. The van der Waals surface area contributed by atoms with Crippen LogP contribution >= 0.6 is 7.82 Å². The average molecular weight is 643 g/mol. The van der Waals surface area contributed by atoms with Crippen LogP contribution in [0.4, 0.5) is 20.5 Å². The number of nitrogens with zero attached hydrogens (tertiary/aromatic N) is 7. The third-order valence-electron chi connectivity index (χ3n) is 8.01. The van der Waals surface area contributed by atoms with E-state index in [0.717, 1.165) is 10.9 Å². The zero-order valence-electron chi connectivity index (χ0n) is 22.9. The molecule has 44 heavy (non-hydrogen) atoms. The van der Waals surface area contributed by atoms with Gasteiger partial charge in [0, 0.05) is 11.8 Å². The van der Waals surface area contributed by atoms with Crippen molar-refractivity contribution in [2.45, 2.75) is 62.9 Å². The molecule has 18 nitrogen and oxygen atoms in total. The van der Waals surface area contributed by atoms with Crippen molar-refractivity contribution in [1.82, 2.24) is 39.0 Å². The summed E-state index contributed by atoms with van der Waals surface area (Å²) < 4.78 is 63.4. The summed E-state index contributed by atoms with van der Waals surface area (Å²) >= 11 is 0. The normalized spacial score (nSPS) is 34.4. The van der Waals surface area contributed by atoms with Crippen LogP contribution in [0.5, 0.6) is 0 Å². The third-order valence-corrected chi connectivity index (χ3v) is 9.00. The Kier molecular flexibility index (Phi) is 7.85. The molecule has 0 amide bonds. The number of aromatic amines is 1. The summed E-state index contributed by atoms with van der Waals surface area (Å²) in [6.45, 7) is 0.487. The van der Waals surface area contributed by atoms with E-state index in [2.05, 4.69) is 29.9 Å². The monoisotopic (exact) mass is 642 g/mol. The highest BCUT2D eigenvalue weighted by Crippen LogP contribution is 2.50. The molecule has 2 aliphatic heterocycles. The van der Waals surface area contributed by atoms with Crippen molar-refractivity contribution in [2.75, 3.05) is 18.1 Å². The van der Waals surface area contributed by atoms with Crippen LogP contribution in [0.1, 0.15) is 32.2 Å². The molecule has 6 heterocycles. The van der Waals surface area contributed by atoms with E-state index in [1.165, 1.54) is 24.1 Å². The van der Waals surface area contributed by atoms with Gasteiger partial charge in [-0.2, -0.15) is 4.98 Å². The summed E-state index contributed by atoms with van der Waals surface area (Å²) in [6, 6.07) is 0. The first kappa shape index (κ1) is 30.4. The minimum Gasteiger partial charge on any atom is -0.393 e. The van der Waals surface area contributed by atoms with Gasteiger partial charge in [0.25, 0.3) is 5.56 Å². The molecule has 0 saturated carbocycles. The molecule has 4 aromatic heterocycles. The summed E-state index contributed by atoms with van der Waals surface area (Å²) in [6.07, 6.45) is -8.91. The first-order valence-corrected chi connectivity index (χ1v) is 15.0. The van der Waals surface area contributed by atoms with Crippen molar-refractivity contribution in [3.05, 3.63) is 29.3 Å². The number of nitrogens with two attached hydrogens (primary N) is 2. The molecule has 0 spiro atoms. The van der Waals surface area contributed by atoms with Gasteiger partial charge in [0.2, 0.25) is 5.95 Å². The summed E-state index contributed by atoms with van der Waals surface area (Å²) in [7, 11) is -5.24. The van der Waals surface area contributed by atoms with Crippen LogP contribution in [0.2, 0.25) is 0 Å². The van der Waals surface area contributed by atoms with Crippen molar-refractivity contribution >= 4 is 41.9 Å². The van der Waals surface area contributed by atoms with Gasteiger partial charge in [-0.25, -0.2) is 33.3 Å². The summed E-state index contributed by atoms with van der Waals surface area (Å²) in [5.41, 5.74) is 10.7. The molecule has 6 rings (SSSR count). The molecule has 0 aliphatic carbocycles. The number of phosphoric acid groups is 1. The van der Waals surface area contributed by atoms with Gasteiger partial charge in [-0.1, -0.05) is 6.92 Å². The lowest BCUT2D eigenvalue weighted by Crippen LogP contribution is -2.42. The predicted octanol–water partition coefficient (Wildman–Crippen LogP) is 0.0976. The maximum absolute atomic E-state index is 16.1. The van der Waals surface area contributed by atoms with Crippen molar-refractivity contribution in [3.63, 3.8) is 0 Å². The largest absolute Gasteiger partial charge is 0.472 e. The van der Waals surface area contributed by atoms with Crippen LogP contribution in [0.25, 0.3) is 22.3 Å². The Morgan fingerprint density at radius 2 is 1.86 bits per heavy atom. The molecule has 4 aromatic rings. The van der Waals surface area contributed by atoms with Crippen LogP contribution in [-0.4, -0.2) is 91.4 Å². The number of rotatable bonds is 3. The van der Waals surface area contributed by atoms with Crippen LogP contribution in [-0.2, 0) is 18.3 Å². The second-order valence-electron chi connectivity index (χ2n) is 10.7. The minimum absolute atomic E-state index is 0.0240. The highest BCUT2D eigenvalue weighted by molar-refractivity contribution is 7.47. The van der Waals surface area contributed by atoms with Crippen molar-refractivity contribution in [3.8, 4) is 0 Å². The predicted molar refractivity (Wildman–Crippen MR) is 146 cm³/mol. The fraction of sp³-hybridized carbons (Fsp3) is 0.565. The molecule has 2 fully saturated rings. The second kappa shape index (κ2) is 11.4. The zero-order chi connectivity index (χ0) is 31.5. The van der Waals surface area contributed by atoms with Gasteiger partial charge in [-0.3, -0.25) is 28.0 Å². The minimum atomic E-state index is -5.24. The molecule has 2 saturated heterocycles. The highest BCUT2D eigenvalue weighted by atomic mass is 31.2. The maximum atomic E-state index is 16.1. The number of fused-ring (bicyclic) bond motifs is 4. The number of nitrogen functional groups attached to an aromatic ring is 2. The summed E-state index contributed by atoms with van der Waals surface area (Å²) in [4.78, 5) is 45.0. The van der Waals surface area contributed by atoms with E-state index in [1.807, 2.05) is 0 Å². The Morgan fingerprint density at radius 1 is 1.11 bits per heavy atom. The topological polar surface area (TPSA) is 265 Å². The fourth-order valence-electron chi connectivity index (χ4n) is 5.61. The van der Waals surface area contributed by atoms with Crippen LogP contribution in [0.3, 0.4) is 0 Å². The van der Waals surface area contributed by atoms with Crippen molar-refractivity contribution < 1.29 is 42.2 Å². The Morgan fingerprint density at radius 3 is 2.64 bits per heavy atom. The number of H-pyrrole nitrogens is 1. The van der Waals surface area contributed by atoms with Gasteiger partial charge >= 0.3 is 7.82 Å². The Balaban J connectivity index is 1.32. The molecule has 10 unspecified atom stereocenters. The van der Waals surface area contributed by atoms with E-state index in [1.54, 1.807) is 0 Å². The quantitative estimate of drug-likeness (QED) is 0.162. The van der Waals surface area contributed by atoms with E-state index in [9.17, 15) is 24.5 Å². The molecule has 238 valence electrons. The first-order valence-electron chi connectivity index (χ1n) is 13.5. The third kappa shape index (κ3) is 5.31. The number of aromatic nitrogens is 8. The molecular formula is C23H29F2N10O8P. The number of alkyl halides is 2. The highest BCUT2D eigenvalue weighted by Gasteiger charge is 2.49. The van der Waals surface area contributed by atoms with Crippen LogP contribution < -0.4 is 17.0 Å². The van der Waals surface area contributed by atoms with Gasteiger partial charge < -0.3 is 31.3 Å². The van der Waals surface area contributed by atoms with E-state index in [0.29, 0.717) is 0 Å². The van der Waals surface area contributed by atoms with Gasteiger partial charge in [0.1, 0.15) is 42.6 Å². The number of halogens is 2. The fourth-order valence-corrected chi connectivity index (χ4v) is 6.54. The number of hydrogen-bond acceptors (Lipinski definition) is 14. The summed E-state index contributed by atoms with van der Waals surface area (Å²) in [5, 5.41) is 22.1. The van der Waals surface area contributed by atoms with E-state index < -0.39 is 74.9 Å². The zero-order valence-corrected chi connectivity index (χ0v) is 23.8. The number of aliphatic hydroxyl groups is 2. The number of imidazole rings is 2. The molecule has 21 heteroatoms. The number of hydrogen-bond donors (Lipinski definition) is 6. The summed E-state index contributed by atoms with van der Waals surface area (Å²) in [5.74, 6) is -2.53. The number of ether oxygens (including phenoxy) is 1. The number of anilines is 2. The molecule has 0 aromatic carbocycles. The second-order valence-corrected chi connectivity index (χ2v) is 12.1. The molecule has 2 aliphatic rings. The number of phosphoric ester groups is 1. The Hall–Kier alpha value is -3.65. The first-order chi connectivity index (χ1) is 20.9. The molecule has 10 atom stereocenters. The van der Waals surface area contributed by atoms with Gasteiger partial charge in [-0.15, -0.1) is 0 Å². The van der Waals surface area contributed by atoms with E-state index >= 15 is 8.78 Å². The molecule has 2 bridgehead atoms. The molecule has 0 radical (unpaired) electrons. The van der Waals surface area contributed by atoms with Gasteiger partial charge in [0.15, 0.2) is 28.9 Å². The van der Waals surface area contributed by atoms with Crippen molar-refractivity contribution in [2.24, 2.45) is 11.8 Å². The molecule has 8 N–H and O–H groups in total. The lowest BCUT2D eigenvalue weighted by atomic mass is 9.87. The van der Waals surface area contributed by atoms with Gasteiger partial charge in [-0.05, 0) is 12.8 Å². The number of aliphatic hydroxyl groups excluding tert-OH is 2. The lowest BCUT2D eigenvalue weighted by molar-refractivity contribution is -0.0973. The smallest absolute Gasteiger partial charge is 0.393 e. The van der Waals surface area contributed by atoms with E-state index in [-0.39, 0.29) is 46.9 Å². The lowest BCUT2D eigenvalue weighted by Gasteiger charge is -2.33. The van der Waals surface area contributed by atoms with E-state index in [4.69, 9.17) is 25.3 Å². The Labute approximate surface area is 245 Å². The van der Waals surface area contributed by atoms with Crippen LogP contribution in [0.15, 0.2) is 23.8 Å². The SMILES string of the molecule is CC1C(O)CCC2C(F)C(COP(=O)(O)OC(C(O)n3cnc4c(=O)[nH]c(N)nc43)C1F)OC2n1cnc2c(N)ncnc21. The standard InChI is InChI=1S/C23H29F2N10O8P/c1-8-10(36)3-2-9-13(25)11(42-22(9)35-7-30-14-17(26)28-5-29-18(14)35)4-41-44(39,40)43-16(12(8)24)21(38)34-6-31-15-19(34)32-23(27)33-20(15)37/h5-13,16,21-22,36,38H,2-4H2,1H3,(H,39,40)(H2,26,28,29)(H3,27,32,33,37). The van der Waals surface area contributed by atoms with Gasteiger partial charge in [0.05, 0.1) is 25.4 Å². The molecular weight excluding hydrogens is 613 g/mol. The van der Waals surface area contributed by atoms with Crippen molar-refractivity contribution in [1.29, 1.82) is 0 Å². The van der Waals surface area contributed by atoms with Crippen LogP contribution in [0, 0.1) is 11.8 Å². The Bertz CT molecular complexity index is 1790. The maximum Gasteiger partial charge on any atom is 0.472 e.